The summed E-state index contributed by atoms with van der Waals surface area (Å²) in [6.45, 7) is 0. The lowest BCUT2D eigenvalue weighted by atomic mass is 10.2. The Kier molecular flexibility index (Phi) is 4.09. The summed E-state index contributed by atoms with van der Waals surface area (Å²) in [4.78, 5) is 1.98. The van der Waals surface area contributed by atoms with Gasteiger partial charge in [0.05, 0.1) is 23.4 Å². The molecular formula is C15H18N2O3S. The highest BCUT2D eigenvalue weighted by Crippen LogP contribution is 2.33. The van der Waals surface area contributed by atoms with Gasteiger partial charge in [0.2, 0.25) is 0 Å². The van der Waals surface area contributed by atoms with E-state index in [4.69, 9.17) is 10.5 Å². The molecule has 21 heavy (non-hydrogen) atoms. The van der Waals surface area contributed by atoms with Crippen molar-refractivity contribution in [1.82, 2.24) is 0 Å². The van der Waals surface area contributed by atoms with Crippen LogP contribution >= 0.6 is 0 Å². The lowest BCUT2D eigenvalue weighted by molar-refractivity contribution is 0.415. The summed E-state index contributed by atoms with van der Waals surface area (Å²) in [5.74, 6) is 0.755. The number of nitrogen functional groups attached to an aromatic ring is 1. The van der Waals surface area contributed by atoms with Crippen LogP contribution in [0, 0.1) is 0 Å². The summed E-state index contributed by atoms with van der Waals surface area (Å²) in [7, 11) is 0.0823. The van der Waals surface area contributed by atoms with Crippen molar-refractivity contribution < 1.29 is 13.2 Å². The van der Waals surface area contributed by atoms with Gasteiger partial charge in [-0.25, -0.2) is 8.42 Å². The van der Waals surface area contributed by atoms with Crippen LogP contribution in [-0.2, 0) is 9.84 Å². The molecule has 0 saturated carbocycles. The average molecular weight is 306 g/mol. The summed E-state index contributed by atoms with van der Waals surface area (Å²) in [5.41, 5.74) is 7.79. The van der Waals surface area contributed by atoms with Crippen LogP contribution in [0.25, 0.3) is 0 Å². The van der Waals surface area contributed by atoms with Crippen LogP contribution in [0.15, 0.2) is 47.4 Å². The molecule has 0 aliphatic rings. The van der Waals surface area contributed by atoms with Crippen molar-refractivity contribution in [3.63, 3.8) is 0 Å². The van der Waals surface area contributed by atoms with Gasteiger partial charge in [0.15, 0.2) is 9.84 Å². The van der Waals surface area contributed by atoms with E-state index in [1.165, 1.54) is 6.07 Å². The minimum absolute atomic E-state index is 0.139. The van der Waals surface area contributed by atoms with Gasteiger partial charge in [0.1, 0.15) is 5.75 Å². The Labute approximate surface area is 124 Å². The van der Waals surface area contributed by atoms with Gasteiger partial charge >= 0.3 is 0 Å². The number of para-hydroxylation sites is 1. The lowest BCUT2D eigenvalue weighted by Gasteiger charge is -2.22. The van der Waals surface area contributed by atoms with Crippen LogP contribution in [0.5, 0.6) is 5.75 Å². The number of hydrogen-bond donors (Lipinski definition) is 1. The van der Waals surface area contributed by atoms with E-state index in [-0.39, 0.29) is 10.6 Å². The lowest BCUT2D eigenvalue weighted by Crippen LogP contribution is -2.13. The maximum Gasteiger partial charge on any atom is 0.177 e. The highest BCUT2D eigenvalue weighted by atomic mass is 32.2. The Hall–Kier alpha value is -2.21. The number of nitrogens with two attached hydrogens (primary N) is 1. The van der Waals surface area contributed by atoms with Gasteiger partial charge in [-0.3, -0.25) is 0 Å². The zero-order chi connectivity index (χ0) is 15.6. The number of hydrogen-bond acceptors (Lipinski definition) is 5. The van der Waals surface area contributed by atoms with Crippen molar-refractivity contribution in [2.45, 2.75) is 4.90 Å². The first-order valence-electron chi connectivity index (χ1n) is 6.31. The Bertz CT molecular complexity index is 740. The molecule has 2 rings (SSSR count). The van der Waals surface area contributed by atoms with Gasteiger partial charge in [-0.15, -0.1) is 0 Å². The Morgan fingerprint density at radius 3 is 2.24 bits per heavy atom. The van der Waals surface area contributed by atoms with Crippen LogP contribution in [0.2, 0.25) is 0 Å². The molecule has 0 amide bonds. The fourth-order valence-electron chi connectivity index (χ4n) is 2.09. The molecule has 0 aliphatic heterocycles. The third-order valence-corrected chi connectivity index (χ3v) is 4.42. The van der Waals surface area contributed by atoms with Gasteiger partial charge in [0.25, 0.3) is 0 Å². The zero-order valence-corrected chi connectivity index (χ0v) is 13.0. The van der Waals surface area contributed by atoms with Crippen molar-refractivity contribution in [2.75, 3.05) is 31.0 Å². The third kappa shape index (κ3) is 3.11. The first-order chi connectivity index (χ1) is 9.84. The number of rotatable bonds is 4. The van der Waals surface area contributed by atoms with E-state index in [0.29, 0.717) is 5.69 Å². The minimum atomic E-state index is -3.35. The number of benzene rings is 2. The van der Waals surface area contributed by atoms with Crippen molar-refractivity contribution >= 4 is 26.9 Å². The number of ether oxygens (including phenoxy) is 1. The zero-order valence-electron chi connectivity index (χ0n) is 12.2. The summed E-state index contributed by atoms with van der Waals surface area (Å²) in [6.07, 6.45) is 1.15. The van der Waals surface area contributed by atoms with Gasteiger partial charge in [-0.05, 0) is 36.4 Å². The smallest absolute Gasteiger partial charge is 0.177 e. The summed E-state index contributed by atoms with van der Waals surface area (Å²) < 4.78 is 28.6. The molecule has 2 N–H and O–H groups in total. The maximum atomic E-state index is 11.7. The highest BCUT2D eigenvalue weighted by molar-refractivity contribution is 7.90. The number of anilines is 3. The standard InChI is InChI=1S/C15H18N2O3S/c1-17(11-7-9-12(20-2)10-8-11)13-5-4-6-14(15(13)16)21(3,18)19/h4-10H,16H2,1-3H3. The van der Waals surface area contributed by atoms with Crippen LogP contribution in [0.4, 0.5) is 17.1 Å². The molecule has 0 aliphatic carbocycles. The second-order valence-electron chi connectivity index (χ2n) is 4.72. The summed E-state index contributed by atoms with van der Waals surface area (Å²) in [6, 6.07) is 12.4. The van der Waals surface area contributed by atoms with E-state index >= 15 is 0 Å². The van der Waals surface area contributed by atoms with Crippen LogP contribution in [-0.4, -0.2) is 28.8 Å². The molecule has 0 atom stereocenters. The van der Waals surface area contributed by atoms with Crippen molar-refractivity contribution in [1.29, 1.82) is 0 Å². The molecule has 0 fully saturated rings. The van der Waals surface area contributed by atoms with Crippen LogP contribution in [0.1, 0.15) is 0 Å². The molecule has 0 radical (unpaired) electrons. The van der Waals surface area contributed by atoms with Crippen molar-refractivity contribution in [3.05, 3.63) is 42.5 Å². The van der Waals surface area contributed by atoms with Crippen LogP contribution < -0.4 is 15.4 Å². The second-order valence-corrected chi connectivity index (χ2v) is 6.70. The van der Waals surface area contributed by atoms with E-state index in [1.54, 1.807) is 19.2 Å². The van der Waals surface area contributed by atoms with E-state index in [9.17, 15) is 8.42 Å². The first kappa shape index (κ1) is 15.2. The molecule has 0 heterocycles. The molecule has 0 unspecified atom stereocenters. The normalized spacial score (nSPS) is 11.2. The predicted molar refractivity (Wildman–Crippen MR) is 85.0 cm³/mol. The molecule has 0 aromatic heterocycles. The Morgan fingerprint density at radius 2 is 1.71 bits per heavy atom. The molecule has 2 aromatic rings. The van der Waals surface area contributed by atoms with Crippen molar-refractivity contribution in [2.24, 2.45) is 0 Å². The van der Waals surface area contributed by atoms with E-state index in [1.807, 2.05) is 36.2 Å². The minimum Gasteiger partial charge on any atom is -0.497 e. The van der Waals surface area contributed by atoms with Gasteiger partial charge in [0, 0.05) is 19.0 Å². The molecule has 0 saturated heterocycles. The van der Waals surface area contributed by atoms with Crippen LogP contribution in [0.3, 0.4) is 0 Å². The highest BCUT2D eigenvalue weighted by Gasteiger charge is 2.16. The predicted octanol–water partition coefficient (Wildman–Crippen LogP) is 2.45. The fraction of sp³-hybridized carbons (Fsp3) is 0.200. The number of nitrogens with zero attached hydrogens (tertiary/aromatic N) is 1. The monoisotopic (exact) mass is 306 g/mol. The second kappa shape index (κ2) is 5.65. The summed E-state index contributed by atoms with van der Waals surface area (Å²) in [5, 5.41) is 0. The average Bonchev–Trinajstić information content (AvgIpc) is 2.45. The van der Waals surface area contributed by atoms with Gasteiger partial charge in [-0.1, -0.05) is 6.07 Å². The maximum absolute atomic E-state index is 11.7. The Morgan fingerprint density at radius 1 is 1.10 bits per heavy atom. The molecule has 6 heteroatoms. The third-order valence-electron chi connectivity index (χ3n) is 3.26. The van der Waals surface area contributed by atoms with E-state index in [2.05, 4.69) is 0 Å². The Balaban J connectivity index is 2.46. The SMILES string of the molecule is COc1ccc(N(C)c2cccc(S(C)(=O)=O)c2N)cc1. The number of sulfone groups is 1. The molecular weight excluding hydrogens is 288 g/mol. The molecule has 112 valence electrons. The van der Waals surface area contributed by atoms with Gasteiger partial charge < -0.3 is 15.4 Å². The van der Waals surface area contributed by atoms with Crippen molar-refractivity contribution in [3.8, 4) is 5.75 Å². The quantitative estimate of drug-likeness (QED) is 0.878. The largest absolute Gasteiger partial charge is 0.497 e. The van der Waals surface area contributed by atoms with Gasteiger partial charge in [-0.2, -0.15) is 0 Å². The number of methoxy groups -OCH3 is 1. The topological polar surface area (TPSA) is 72.6 Å². The molecule has 0 spiro atoms. The summed E-state index contributed by atoms with van der Waals surface area (Å²) >= 11 is 0. The van der Waals surface area contributed by atoms with E-state index < -0.39 is 9.84 Å². The first-order valence-corrected chi connectivity index (χ1v) is 8.20. The van der Waals surface area contributed by atoms with E-state index in [0.717, 1.165) is 17.7 Å². The molecule has 0 bridgehead atoms. The molecule has 5 nitrogen and oxygen atoms in total. The molecule has 2 aromatic carbocycles. The fourth-order valence-corrected chi connectivity index (χ4v) is 2.92.